The quantitative estimate of drug-likeness (QED) is 0.678. The summed E-state index contributed by atoms with van der Waals surface area (Å²) in [6.45, 7) is 1.74. The van der Waals surface area contributed by atoms with Gasteiger partial charge in [0.2, 0.25) is 0 Å². The molecule has 4 rings (SSSR count). The van der Waals surface area contributed by atoms with Crippen LogP contribution in [0.25, 0.3) is 11.0 Å². The van der Waals surface area contributed by atoms with E-state index in [1.165, 1.54) is 0 Å². The van der Waals surface area contributed by atoms with Gasteiger partial charge in [0, 0.05) is 31.8 Å². The van der Waals surface area contributed by atoms with Crippen molar-refractivity contribution in [3.63, 3.8) is 0 Å². The molecular formula is C18H17N3O4. The lowest BCUT2D eigenvalue weighted by Gasteiger charge is -2.24. The van der Waals surface area contributed by atoms with E-state index in [9.17, 15) is 14.4 Å². The number of aryl methyl sites for hydroxylation is 3. The van der Waals surface area contributed by atoms with Gasteiger partial charge in [-0.15, -0.1) is 0 Å². The van der Waals surface area contributed by atoms with Crippen molar-refractivity contribution in [3.05, 3.63) is 61.9 Å². The van der Waals surface area contributed by atoms with Crippen LogP contribution in [-0.4, -0.2) is 20.1 Å². The summed E-state index contributed by atoms with van der Waals surface area (Å²) >= 11 is 0. The molecule has 128 valence electrons. The van der Waals surface area contributed by atoms with E-state index in [-0.39, 0.29) is 23.6 Å². The van der Waals surface area contributed by atoms with Gasteiger partial charge in [0.15, 0.2) is 0 Å². The highest BCUT2D eigenvalue weighted by Gasteiger charge is 2.31. The third kappa shape index (κ3) is 2.23. The number of imidazole rings is 1. The van der Waals surface area contributed by atoms with E-state index in [0.29, 0.717) is 17.0 Å². The Kier molecular flexibility index (Phi) is 3.21. The third-order valence-electron chi connectivity index (χ3n) is 4.81. The van der Waals surface area contributed by atoms with Gasteiger partial charge in [-0.2, -0.15) is 0 Å². The van der Waals surface area contributed by atoms with Crippen molar-refractivity contribution in [2.24, 2.45) is 14.1 Å². The Morgan fingerprint density at radius 2 is 1.80 bits per heavy atom. The van der Waals surface area contributed by atoms with E-state index in [2.05, 4.69) is 4.98 Å². The van der Waals surface area contributed by atoms with Crippen LogP contribution in [-0.2, 0) is 18.9 Å². The van der Waals surface area contributed by atoms with E-state index in [1.807, 2.05) is 18.2 Å². The predicted octanol–water partition coefficient (Wildman–Crippen LogP) is 1.31. The lowest BCUT2D eigenvalue weighted by Crippen LogP contribution is -2.28. The molecule has 0 bridgehead atoms. The van der Waals surface area contributed by atoms with E-state index in [0.717, 1.165) is 16.6 Å². The SMILES string of the molecule is Cc1cc2c(c(=O)[nH]1)[C@H](c1ccc3c(c1)n(C)c(=O)n3C)CC(=O)O2. The lowest BCUT2D eigenvalue weighted by atomic mass is 9.87. The number of rotatable bonds is 1. The molecule has 0 amide bonds. The topological polar surface area (TPSA) is 86.1 Å². The molecule has 0 unspecified atom stereocenters. The van der Waals surface area contributed by atoms with Crippen molar-refractivity contribution in [2.75, 3.05) is 0 Å². The maximum atomic E-state index is 12.5. The van der Waals surface area contributed by atoms with Crippen molar-refractivity contribution in [3.8, 4) is 5.75 Å². The van der Waals surface area contributed by atoms with Crippen molar-refractivity contribution < 1.29 is 9.53 Å². The molecule has 7 heteroatoms. The Morgan fingerprint density at radius 1 is 1.08 bits per heavy atom. The molecule has 0 saturated carbocycles. The first-order chi connectivity index (χ1) is 11.9. The maximum Gasteiger partial charge on any atom is 0.328 e. The average Bonchev–Trinajstić information content (AvgIpc) is 2.77. The molecule has 1 N–H and O–H groups in total. The Morgan fingerprint density at radius 3 is 2.56 bits per heavy atom. The summed E-state index contributed by atoms with van der Waals surface area (Å²) in [6.07, 6.45) is 0.0887. The molecule has 1 aromatic carbocycles. The largest absolute Gasteiger partial charge is 0.426 e. The number of fused-ring (bicyclic) bond motifs is 2. The summed E-state index contributed by atoms with van der Waals surface area (Å²) in [6, 6.07) is 7.23. The molecule has 1 atom stereocenters. The minimum Gasteiger partial charge on any atom is -0.426 e. The number of carbonyl (C=O) groups excluding carboxylic acids is 1. The zero-order valence-electron chi connectivity index (χ0n) is 14.1. The normalized spacial score (nSPS) is 16.8. The first-order valence-corrected chi connectivity index (χ1v) is 7.96. The molecule has 0 radical (unpaired) electrons. The number of H-pyrrole nitrogens is 1. The van der Waals surface area contributed by atoms with Gasteiger partial charge < -0.3 is 9.72 Å². The molecule has 7 nitrogen and oxygen atoms in total. The molecule has 0 aliphatic carbocycles. The summed E-state index contributed by atoms with van der Waals surface area (Å²) in [7, 11) is 3.42. The number of nitrogens with zero attached hydrogens (tertiary/aromatic N) is 2. The van der Waals surface area contributed by atoms with Gasteiger partial charge in [-0.1, -0.05) is 6.07 Å². The molecule has 0 saturated heterocycles. The van der Waals surface area contributed by atoms with E-state index >= 15 is 0 Å². The monoisotopic (exact) mass is 339 g/mol. The van der Waals surface area contributed by atoms with Crippen molar-refractivity contribution >= 4 is 17.0 Å². The van der Waals surface area contributed by atoms with Crippen LogP contribution in [0.2, 0.25) is 0 Å². The van der Waals surface area contributed by atoms with E-state index < -0.39 is 5.92 Å². The van der Waals surface area contributed by atoms with E-state index in [4.69, 9.17) is 4.74 Å². The van der Waals surface area contributed by atoms with Gasteiger partial charge in [-0.25, -0.2) is 4.79 Å². The van der Waals surface area contributed by atoms with Crippen LogP contribution in [0, 0.1) is 6.92 Å². The summed E-state index contributed by atoms with van der Waals surface area (Å²) in [5.41, 5.74) is 3.07. The van der Waals surface area contributed by atoms with Crippen molar-refractivity contribution in [2.45, 2.75) is 19.3 Å². The number of nitrogens with one attached hydrogen (secondary N) is 1. The van der Waals surface area contributed by atoms with Crippen LogP contribution in [0.15, 0.2) is 33.9 Å². The average molecular weight is 339 g/mol. The summed E-state index contributed by atoms with van der Waals surface area (Å²) in [5, 5.41) is 0. The Hall–Kier alpha value is -3.09. The molecule has 0 spiro atoms. The Labute approximate surface area is 142 Å². The minimum atomic E-state index is -0.402. The highest BCUT2D eigenvalue weighted by molar-refractivity contribution is 5.80. The van der Waals surface area contributed by atoms with Crippen LogP contribution >= 0.6 is 0 Å². The van der Waals surface area contributed by atoms with Crippen molar-refractivity contribution in [1.29, 1.82) is 0 Å². The molecule has 25 heavy (non-hydrogen) atoms. The van der Waals surface area contributed by atoms with Crippen LogP contribution in [0.5, 0.6) is 5.75 Å². The second-order valence-electron chi connectivity index (χ2n) is 6.44. The highest BCUT2D eigenvalue weighted by Crippen LogP contribution is 2.37. The minimum absolute atomic E-state index is 0.0887. The fourth-order valence-corrected chi connectivity index (χ4v) is 3.54. The van der Waals surface area contributed by atoms with E-state index in [1.54, 1.807) is 36.2 Å². The maximum absolute atomic E-state index is 12.5. The zero-order chi connectivity index (χ0) is 17.9. The number of hydrogen-bond donors (Lipinski definition) is 1. The first kappa shape index (κ1) is 15.4. The third-order valence-corrected chi connectivity index (χ3v) is 4.81. The summed E-state index contributed by atoms with van der Waals surface area (Å²) in [5.74, 6) is -0.464. The fourth-order valence-electron chi connectivity index (χ4n) is 3.54. The predicted molar refractivity (Wildman–Crippen MR) is 92.1 cm³/mol. The molecule has 1 aliphatic rings. The van der Waals surface area contributed by atoms with Crippen molar-refractivity contribution in [1.82, 2.24) is 14.1 Å². The smallest absolute Gasteiger partial charge is 0.328 e. The Balaban J connectivity index is 1.96. The number of carbonyl (C=O) groups is 1. The molecule has 0 fully saturated rings. The number of aromatic nitrogens is 3. The summed E-state index contributed by atoms with van der Waals surface area (Å²) in [4.78, 5) is 39.4. The first-order valence-electron chi connectivity index (χ1n) is 7.96. The summed E-state index contributed by atoms with van der Waals surface area (Å²) < 4.78 is 8.39. The van der Waals surface area contributed by atoms with Crippen LogP contribution in [0.1, 0.15) is 29.2 Å². The molecule has 3 heterocycles. The molecule has 3 aromatic rings. The number of ether oxygens (including phenoxy) is 1. The van der Waals surface area contributed by atoms with Gasteiger partial charge in [-0.3, -0.25) is 18.7 Å². The standard InChI is InChI=1S/C18H17N3O4/c1-9-6-14-16(17(23)19-9)11(8-15(22)25-14)10-4-5-12-13(7-10)21(3)18(24)20(12)2/h4-7,11H,8H2,1-3H3,(H,19,23)/t11-/m0/s1. The number of benzene rings is 1. The lowest BCUT2D eigenvalue weighted by molar-refractivity contribution is -0.135. The van der Waals surface area contributed by atoms with Gasteiger partial charge in [0.1, 0.15) is 5.75 Å². The highest BCUT2D eigenvalue weighted by atomic mass is 16.5. The van der Waals surface area contributed by atoms with Crippen LogP contribution in [0.3, 0.4) is 0 Å². The number of pyridine rings is 1. The molecular weight excluding hydrogens is 322 g/mol. The number of aromatic amines is 1. The zero-order valence-corrected chi connectivity index (χ0v) is 14.1. The van der Waals surface area contributed by atoms with Crippen LogP contribution < -0.4 is 16.0 Å². The second-order valence-corrected chi connectivity index (χ2v) is 6.44. The van der Waals surface area contributed by atoms with Gasteiger partial charge >= 0.3 is 11.7 Å². The van der Waals surface area contributed by atoms with Crippen LogP contribution in [0.4, 0.5) is 0 Å². The molecule has 2 aromatic heterocycles. The fraction of sp³-hybridized carbons (Fsp3) is 0.278. The number of esters is 1. The number of hydrogen-bond acceptors (Lipinski definition) is 4. The van der Waals surface area contributed by atoms with Gasteiger partial charge in [0.05, 0.1) is 23.0 Å². The second kappa shape index (κ2) is 5.20. The van der Waals surface area contributed by atoms with Gasteiger partial charge in [-0.05, 0) is 24.6 Å². The molecule has 1 aliphatic heterocycles. The Bertz CT molecular complexity index is 1150. The van der Waals surface area contributed by atoms with Gasteiger partial charge in [0.25, 0.3) is 5.56 Å².